The molecular weight excluding hydrogens is 284 g/mol. The van der Waals surface area contributed by atoms with Crippen LogP contribution in [0.4, 0.5) is 0 Å². The van der Waals surface area contributed by atoms with E-state index in [1.54, 1.807) is 23.5 Å². The van der Waals surface area contributed by atoms with E-state index in [9.17, 15) is 4.79 Å². The summed E-state index contributed by atoms with van der Waals surface area (Å²) in [5, 5.41) is 10.7. The Morgan fingerprint density at radius 3 is 2.90 bits per heavy atom. The van der Waals surface area contributed by atoms with Gasteiger partial charge in [-0.2, -0.15) is 0 Å². The molecule has 21 heavy (non-hydrogen) atoms. The Hall–Kier alpha value is -2.16. The van der Waals surface area contributed by atoms with E-state index in [-0.39, 0.29) is 12.5 Å². The molecule has 0 saturated heterocycles. The van der Waals surface area contributed by atoms with Crippen molar-refractivity contribution in [2.45, 2.75) is 13.5 Å². The van der Waals surface area contributed by atoms with Gasteiger partial charge in [-0.25, -0.2) is 4.98 Å². The third kappa shape index (κ3) is 3.91. The van der Waals surface area contributed by atoms with Crippen LogP contribution in [0.5, 0.6) is 0 Å². The average molecular weight is 300 g/mol. The van der Waals surface area contributed by atoms with Gasteiger partial charge >= 0.3 is 0 Å². The number of hydrogen-bond acceptors (Lipinski definition) is 4. The van der Waals surface area contributed by atoms with E-state index in [0.29, 0.717) is 12.1 Å². The van der Waals surface area contributed by atoms with Crippen molar-refractivity contribution >= 4 is 17.2 Å². The Kier molecular flexibility index (Phi) is 5.09. The number of carbonyl (C=O) groups excluding carboxylic acids is 1. The van der Waals surface area contributed by atoms with Crippen molar-refractivity contribution in [2.75, 3.05) is 13.7 Å². The standard InChI is InChI=1S/C16H16N2O2S/c1-12-8-14(6-5-13(12)4-3-7-19)16(20)18(2)9-15-10-21-11-17-15/h5-6,8,10-11,19H,7,9H2,1-2H3. The van der Waals surface area contributed by atoms with E-state index >= 15 is 0 Å². The molecule has 1 aromatic heterocycles. The molecule has 0 aliphatic rings. The third-order valence-electron chi connectivity index (χ3n) is 3.00. The summed E-state index contributed by atoms with van der Waals surface area (Å²) in [7, 11) is 1.76. The molecule has 0 fully saturated rings. The molecule has 1 N–H and O–H groups in total. The van der Waals surface area contributed by atoms with E-state index < -0.39 is 0 Å². The fourth-order valence-corrected chi connectivity index (χ4v) is 2.47. The van der Waals surface area contributed by atoms with Crippen LogP contribution in [0.1, 0.15) is 27.2 Å². The molecule has 0 bridgehead atoms. The minimum atomic E-state index is -0.170. The largest absolute Gasteiger partial charge is 0.384 e. The van der Waals surface area contributed by atoms with E-state index in [2.05, 4.69) is 16.8 Å². The number of amides is 1. The number of benzene rings is 1. The lowest BCUT2D eigenvalue weighted by Gasteiger charge is -2.16. The zero-order valence-corrected chi connectivity index (χ0v) is 12.8. The van der Waals surface area contributed by atoms with Crippen LogP contribution in [0.2, 0.25) is 0 Å². The molecule has 0 aliphatic carbocycles. The fourth-order valence-electron chi connectivity index (χ4n) is 1.92. The van der Waals surface area contributed by atoms with Gasteiger partial charge in [-0.05, 0) is 30.7 Å². The highest BCUT2D eigenvalue weighted by molar-refractivity contribution is 7.07. The van der Waals surface area contributed by atoms with Gasteiger partial charge in [0.1, 0.15) is 6.61 Å². The molecule has 1 heterocycles. The zero-order chi connectivity index (χ0) is 15.2. The second kappa shape index (κ2) is 7.02. The summed E-state index contributed by atoms with van der Waals surface area (Å²) in [6, 6.07) is 5.39. The Morgan fingerprint density at radius 1 is 1.48 bits per heavy atom. The summed E-state index contributed by atoms with van der Waals surface area (Å²) in [4.78, 5) is 18.2. The summed E-state index contributed by atoms with van der Waals surface area (Å²) >= 11 is 1.52. The number of aliphatic hydroxyl groups excluding tert-OH is 1. The molecule has 4 nitrogen and oxygen atoms in total. The van der Waals surface area contributed by atoms with Gasteiger partial charge in [0, 0.05) is 23.6 Å². The lowest BCUT2D eigenvalue weighted by molar-refractivity contribution is 0.0783. The first-order valence-corrected chi connectivity index (χ1v) is 7.39. The van der Waals surface area contributed by atoms with Gasteiger partial charge in [0.25, 0.3) is 5.91 Å². The Bertz CT molecular complexity index is 684. The van der Waals surface area contributed by atoms with Crippen molar-refractivity contribution in [3.63, 3.8) is 0 Å². The number of aromatic nitrogens is 1. The molecule has 1 aromatic carbocycles. The molecular formula is C16H16N2O2S. The fraction of sp³-hybridized carbons (Fsp3) is 0.250. The number of rotatable bonds is 3. The highest BCUT2D eigenvalue weighted by Gasteiger charge is 2.13. The Morgan fingerprint density at radius 2 is 2.29 bits per heavy atom. The first-order chi connectivity index (χ1) is 10.1. The normalized spacial score (nSPS) is 9.86. The van der Waals surface area contributed by atoms with Crippen LogP contribution in [0.3, 0.4) is 0 Å². The quantitative estimate of drug-likeness (QED) is 0.883. The second-order valence-corrected chi connectivity index (χ2v) is 5.35. The van der Waals surface area contributed by atoms with Crippen molar-refractivity contribution in [2.24, 2.45) is 0 Å². The van der Waals surface area contributed by atoms with Crippen LogP contribution in [-0.4, -0.2) is 34.6 Å². The summed E-state index contributed by atoms with van der Waals surface area (Å²) in [6.45, 7) is 2.22. The molecule has 2 rings (SSSR count). The van der Waals surface area contributed by atoms with Gasteiger partial charge in [-0.1, -0.05) is 11.8 Å². The maximum Gasteiger partial charge on any atom is 0.253 e. The van der Waals surface area contributed by atoms with E-state index in [0.717, 1.165) is 16.8 Å². The van der Waals surface area contributed by atoms with Gasteiger partial charge in [-0.3, -0.25) is 4.79 Å². The summed E-state index contributed by atoms with van der Waals surface area (Å²) < 4.78 is 0. The molecule has 2 aromatic rings. The molecule has 0 radical (unpaired) electrons. The van der Waals surface area contributed by atoms with Crippen LogP contribution < -0.4 is 0 Å². The molecule has 108 valence electrons. The number of nitrogens with zero attached hydrogens (tertiary/aromatic N) is 2. The van der Waals surface area contributed by atoms with Crippen molar-refractivity contribution < 1.29 is 9.90 Å². The molecule has 0 saturated carbocycles. The average Bonchev–Trinajstić information content (AvgIpc) is 2.98. The third-order valence-corrected chi connectivity index (χ3v) is 3.64. The Balaban J connectivity index is 2.14. The number of aliphatic hydroxyl groups is 1. The van der Waals surface area contributed by atoms with Crippen molar-refractivity contribution in [3.8, 4) is 11.8 Å². The van der Waals surface area contributed by atoms with Crippen LogP contribution >= 0.6 is 11.3 Å². The molecule has 0 unspecified atom stereocenters. The minimum absolute atomic E-state index is 0.0484. The van der Waals surface area contributed by atoms with E-state index in [1.807, 2.05) is 24.4 Å². The predicted molar refractivity (Wildman–Crippen MR) is 83.1 cm³/mol. The SMILES string of the molecule is Cc1cc(C(=O)N(C)Cc2cscn2)ccc1C#CCO. The first kappa shape index (κ1) is 15.2. The molecule has 0 aliphatic heterocycles. The van der Waals surface area contributed by atoms with Crippen LogP contribution in [0, 0.1) is 18.8 Å². The summed E-state index contributed by atoms with van der Waals surface area (Å²) in [5.74, 6) is 5.42. The summed E-state index contributed by atoms with van der Waals surface area (Å²) in [5.41, 5.74) is 5.01. The lowest BCUT2D eigenvalue weighted by atomic mass is 10.0. The number of hydrogen-bond donors (Lipinski definition) is 1. The van der Waals surface area contributed by atoms with Gasteiger partial charge < -0.3 is 10.0 Å². The lowest BCUT2D eigenvalue weighted by Crippen LogP contribution is -2.26. The topological polar surface area (TPSA) is 53.4 Å². The molecule has 5 heteroatoms. The summed E-state index contributed by atoms with van der Waals surface area (Å²) in [6.07, 6.45) is 0. The Labute approximate surface area is 128 Å². The maximum absolute atomic E-state index is 12.4. The highest BCUT2D eigenvalue weighted by Crippen LogP contribution is 2.13. The van der Waals surface area contributed by atoms with Gasteiger partial charge in [-0.15, -0.1) is 11.3 Å². The zero-order valence-electron chi connectivity index (χ0n) is 12.0. The molecule has 0 atom stereocenters. The minimum Gasteiger partial charge on any atom is -0.384 e. The first-order valence-electron chi connectivity index (χ1n) is 6.44. The van der Waals surface area contributed by atoms with Crippen LogP contribution in [-0.2, 0) is 6.54 Å². The predicted octanol–water partition coefficient (Wildman–Crippen LogP) is 2.07. The smallest absolute Gasteiger partial charge is 0.253 e. The van der Waals surface area contributed by atoms with Gasteiger partial charge in [0.05, 0.1) is 17.7 Å². The van der Waals surface area contributed by atoms with Crippen molar-refractivity contribution in [3.05, 3.63) is 51.5 Å². The van der Waals surface area contributed by atoms with E-state index in [1.165, 1.54) is 11.3 Å². The van der Waals surface area contributed by atoms with Gasteiger partial charge in [0.15, 0.2) is 0 Å². The van der Waals surface area contributed by atoms with Crippen molar-refractivity contribution in [1.29, 1.82) is 0 Å². The molecule has 0 spiro atoms. The molecule has 1 amide bonds. The van der Waals surface area contributed by atoms with Gasteiger partial charge in [0.2, 0.25) is 0 Å². The second-order valence-electron chi connectivity index (χ2n) is 4.63. The van der Waals surface area contributed by atoms with Crippen LogP contribution in [0.25, 0.3) is 0 Å². The highest BCUT2D eigenvalue weighted by atomic mass is 32.1. The van der Waals surface area contributed by atoms with E-state index in [4.69, 9.17) is 5.11 Å². The van der Waals surface area contributed by atoms with Crippen molar-refractivity contribution in [1.82, 2.24) is 9.88 Å². The number of carbonyl (C=O) groups is 1. The maximum atomic E-state index is 12.4. The number of thiazole rings is 1. The monoisotopic (exact) mass is 300 g/mol. The number of aryl methyl sites for hydroxylation is 1. The van der Waals surface area contributed by atoms with Crippen LogP contribution in [0.15, 0.2) is 29.1 Å².